The van der Waals surface area contributed by atoms with Crippen LogP contribution in [0.1, 0.15) is 19.8 Å². The van der Waals surface area contributed by atoms with Gasteiger partial charge < -0.3 is 10.8 Å². The summed E-state index contributed by atoms with van der Waals surface area (Å²) < 4.78 is 2.88. The van der Waals surface area contributed by atoms with Crippen molar-refractivity contribution >= 4 is 46.5 Å². The second-order valence-corrected chi connectivity index (χ2v) is 6.09. The topological polar surface area (TPSA) is 103 Å². The number of aromatic nitrogens is 2. The van der Waals surface area contributed by atoms with Crippen LogP contribution in [-0.2, 0) is 18.9 Å². The largest absolute Gasteiger partial charge is 0.481 e. The van der Waals surface area contributed by atoms with Gasteiger partial charge >= 0.3 is 11.7 Å². The molecule has 0 aromatic carbocycles. The van der Waals surface area contributed by atoms with Crippen LogP contribution in [0.25, 0.3) is 0 Å². The van der Waals surface area contributed by atoms with Crippen LogP contribution in [0.3, 0.4) is 0 Å². The zero-order valence-electron chi connectivity index (χ0n) is 12.1. The highest BCUT2D eigenvalue weighted by Crippen LogP contribution is 2.22. The molecule has 0 saturated carbocycles. The van der Waals surface area contributed by atoms with E-state index in [0.29, 0.717) is 23.0 Å². The molecule has 1 rings (SSSR count). The first-order valence-electron chi connectivity index (χ1n) is 6.21. The van der Waals surface area contributed by atoms with Crippen molar-refractivity contribution in [3.8, 4) is 0 Å². The molecule has 1 aromatic rings. The fraction of sp³-hybridized carbons (Fsp3) is 0.500. The highest BCUT2D eigenvalue weighted by atomic mass is 32.2. The van der Waals surface area contributed by atoms with Crippen molar-refractivity contribution < 1.29 is 9.90 Å². The van der Waals surface area contributed by atoms with Crippen LogP contribution < -0.4 is 11.4 Å². The number of carbonyl (C=O) groups is 1. The van der Waals surface area contributed by atoms with E-state index in [0.717, 1.165) is 0 Å². The number of hydrogen-bond donors (Lipinski definition) is 2. The van der Waals surface area contributed by atoms with Crippen molar-refractivity contribution in [3.05, 3.63) is 15.1 Å². The molecule has 116 valence electrons. The Kier molecular flexibility index (Phi) is 6.16. The van der Waals surface area contributed by atoms with Crippen LogP contribution in [0.2, 0.25) is 0 Å². The number of thioether (sulfide) groups is 1. The minimum Gasteiger partial charge on any atom is -0.481 e. The number of aliphatic carboxylic acids is 1. The number of nitrogen functional groups attached to an aromatic ring is 1. The molecule has 0 aliphatic rings. The average Bonchev–Trinajstić information content (AvgIpc) is 2.44. The Morgan fingerprint density at radius 1 is 1.43 bits per heavy atom. The number of nitrogens with two attached hydrogens (primary N) is 1. The lowest BCUT2D eigenvalue weighted by Crippen LogP contribution is -2.28. The van der Waals surface area contributed by atoms with Gasteiger partial charge in [-0.05, 0) is 19.1 Å². The predicted octanol–water partition coefficient (Wildman–Crippen LogP) is 1.68. The van der Waals surface area contributed by atoms with E-state index in [9.17, 15) is 9.59 Å². The summed E-state index contributed by atoms with van der Waals surface area (Å²) in [4.78, 5) is 26.7. The van der Waals surface area contributed by atoms with Crippen LogP contribution in [-0.4, -0.2) is 31.0 Å². The first kappa shape index (κ1) is 17.4. The molecular formula is C12H18N4O3S2. The molecule has 9 heteroatoms. The van der Waals surface area contributed by atoms with Crippen molar-refractivity contribution in [1.29, 1.82) is 0 Å². The van der Waals surface area contributed by atoms with Gasteiger partial charge in [0.2, 0.25) is 0 Å². The third-order valence-corrected chi connectivity index (χ3v) is 4.27. The van der Waals surface area contributed by atoms with Gasteiger partial charge in [0.1, 0.15) is 10.3 Å². The van der Waals surface area contributed by atoms with Gasteiger partial charge in [-0.1, -0.05) is 12.2 Å². The van der Waals surface area contributed by atoms with Gasteiger partial charge in [-0.2, -0.15) is 0 Å². The van der Waals surface area contributed by atoms with E-state index in [1.807, 2.05) is 0 Å². The van der Waals surface area contributed by atoms with Crippen molar-refractivity contribution in [3.63, 3.8) is 0 Å². The average molecular weight is 330 g/mol. The second-order valence-electron chi connectivity index (χ2n) is 4.42. The molecule has 1 aromatic heterocycles. The zero-order chi connectivity index (χ0) is 16.2. The van der Waals surface area contributed by atoms with E-state index < -0.39 is 5.97 Å². The Bertz CT molecular complexity index is 654. The molecule has 21 heavy (non-hydrogen) atoms. The van der Waals surface area contributed by atoms with Gasteiger partial charge in [-0.15, -0.1) is 11.8 Å². The molecule has 0 atom stereocenters. The molecule has 0 amide bonds. The summed E-state index contributed by atoms with van der Waals surface area (Å²) in [6.07, 6.45) is 0.676. The second kappa shape index (κ2) is 7.41. The van der Waals surface area contributed by atoms with E-state index in [2.05, 4.69) is 4.99 Å². The Hall–Kier alpha value is -1.61. The van der Waals surface area contributed by atoms with Crippen LogP contribution in [0, 0.1) is 4.64 Å². The van der Waals surface area contributed by atoms with Gasteiger partial charge in [0.05, 0.1) is 5.04 Å². The molecule has 0 saturated heterocycles. The van der Waals surface area contributed by atoms with Gasteiger partial charge in [-0.25, -0.2) is 9.79 Å². The molecule has 0 bridgehead atoms. The van der Waals surface area contributed by atoms with E-state index in [1.54, 1.807) is 21.0 Å². The Morgan fingerprint density at radius 2 is 2.05 bits per heavy atom. The molecule has 0 aliphatic carbocycles. The summed E-state index contributed by atoms with van der Waals surface area (Å²) in [6, 6.07) is 0. The number of aliphatic imine (C=N–C) groups is 1. The summed E-state index contributed by atoms with van der Waals surface area (Å²) in [7, 11) is 3.14. The molecule has 0 aliphatic heterocycles. The minimum absolute atomic E-state index is 0.123. The normalized spacial score (nSPS) is 11.7. The van der Waals surface area contributed by atoms with Crippen LogP contribution in [0.5, 0.6) is 0 Å². The summed E-state index contributed by atoms with van der Waals surface area (Å²) in [5.41, 5.74) is 5.90. The van der Waals surface area contributed by atoms with E-state index in [1.165, 1.54) is 20.9 Å². The van der Waals surface area contributed by atoms with Crippen LogP contribution >= 0.6 is 24.0 Å². The van der Waals surface area contributed by atoms with Crippen molar-refractivity contribution in [2.75, 3.05) is 11.5 Å². The fourth-order valence-electron chi connectivity index (χ4n) is 1.62. The number of rotatable bonds is 5. The molecule has 0 spiro atoms. The molecular weight excluding hydrogens is 312 g/mol. The monoisotopic (exact) mass is 330 g/mol. The van der Waals surface area contributed by atoms with Crippen molar-refractivity contribution in [1.82, 2.24) is 9.13 Å². The first-order chi connectivity index (χ1) is 9.75. The maximum Gasteiger partial charge on any atom is 0.330 e. The number of anilines is 1. The van der Waals surface area contributed by atoms with Crippen molar-refractivity contribution in [2.24, 2.45) is 19.1 Å². The SMILES string of the molecule is CC(=Nc1c(N)c(=S)n(C)c(=O)n1C)SCCCC(=O)O. The smallest absolute Gasteiger partial charge is 0.330 e. The third kappa shape index (κ3) is 4.43. The van der Waals surface area contributed by atoms with Crippen LogP contribution in [0.4, 0.5) is 11.5 Å². The highest BCUT2D eigenvalue weighted by Gasteiger charge is 2.10. The number of nitrogens with zero attached hydrogens (tertiary/aromatic N) is 3. The zero-order valence-corrected chi connectivity index (χ0v) is 13.8. The van der Waals surface area contributed by atoms with E-state index in [4.69, 9.17) is 23.1 Å². The number of hydrogen-bond acceptors (Lipinski definition) is 6. The van der Waals surface area contributed by atoms with Crippen molar-refractivity contribution in [2.45, 2.75) is 19.8 Å². The standard InChI is InChI=1S/C12H18N4O3S2/c1-7(21-6-4-5-8(17)18)14-10-9(13)11(20)16(3)12(19)15(10)2/h4-6,13H2,1-3H3,(H,17,18). The molecule has 0 fully saturated rings. The fourth-order valence-corrected chi connectivity index (χ4v) is 2.52. The number of carboxylic acid groups (broad SMARTS) is 1. The Balaban J connectivity index is 2.97. The van der Waals surface area contributed by atoms with Gasteiger partial charge in [0, 0.05) is 20.5 Å². The maximum absolute atomic E-state index is 11.9. The Morgan fingerprint density at radius 3 is 2.62 bits per heavy atom. The summed E-state index contributed by atoms with van der Waals surface area (Å²) >= 11 is 6.52. The quantitative estimate of drug-likeness (QED) is 0.368. The molecule has 1 heterocycles. The Labute approximate surface area is 131 Å². The summed E-state index contributed by atoms with van der Waals surface area (Å²) in [5.74, 6) is 0.145. The summed E-state index contributed by atoms with van der Waals surface area (Å²) in [6.45, 7) is 1.78. The lowest BCUT2D eigenvalue weighted by Gasteiger charge is -2.11. The third-order valence-electron chi connectivity index (χ3n) is 2.78. The van der Waals surface area contributed by atoms with Gasteiger partial charge in [0.25, 0.3) is 0 Å². The van der Waals surface area contributed by atoms with Gasteiger partial charge in [-0.3, -0.25) is 13.9 Å². The van der Waals surface area contributed by atoms with Gasteiger partial charge in [0.15, 0.2) is 5.82 Å². The minimum atomic E-state index is -0.817. The molecule has 0 radical (unpaired) electrons. The van der Waals surface area contributed by atoms with E-state index >= 15 is 0 Å². The predicted molar refractivity (Wildman–Crippen MR) is 88.0 cm³/mol. The lowest BCUT2D eigenvalue weighted by molar-refractivity contribution is -0.137. The first-order valence-corrected chi connectivity index (χ1v) is 7.60. The van der Waals surface area contributed by atoms with E-state index in [-0.39, 0.29) is 22.4 Å². The van der Waals surface area contributed by atoms with Crippen LogP contribution in [0.15, 0.2) is 9.79 Å². The molecule has 3 N–H and O–H groups in total. The maximum atomic E-state index is 11.9. The molecule has 7 nitrogen and oxygen atoms in total. The summed E-state index contributed by atoms with van der Waals surface area (Å²) in [5, 5.41) is 9.27. The lowest BCUT2D eigenvalue weighted by atomic mass is 10.3. The number of carboxylic acids is 1. The molecule has 0 unspecified atom stereocenters. The highest BCUT2D eigenvalue weighted by molar-refractivity contribution is 8.13.